The lowest BCUT2D eigenvalue weighted by atomic mass is 9.95. The molecule has 128 valence electrons. The molecule has 2 rings (SSSR count). The second-order valence-corrected chi connectivity index (χ2v) is 6.12. The van der Waals surface area contributed by atoms with Crippen molar-refractivity contribution >= 4 is 10.8 Å². The van der Waals surface area contributed by atoms with Crippen LogP contribution < -0.4 is 0 Å². The first kappa shape index (κ1) is 19.3. The molecule has 0 radical (unpaired) electrons. The molecule has 0 nitrogen and oxygen atoms in total. The van der Waals surface area contributed by atoms with Crippen LogP contribution in [-0.2, 0) is 12.8 Å². The third-order valence-electron chi connectivity index (χ3n) is 4.06. The Kier molecular flexibility index (Phi) is 8.51. The Bertz CT molecular complexity index is 718. The van der Waals surface area contributed by atoms with Gasteiger partial charge in [-0.1, -0.05) is 63.1 Å². The Hall–Kier alpha value is -3.06. The molecule has 0 atom stereocenters. The Morgan fingerprint density at radius 1 is 0.615 bits per heavy atom. The fourth-order valence-corrected chi connectivity index (χ4v) is 2.66. The summed E-state index contributed by atoms with van der Waals surface area (Å²) in [4.78, 5) is 0. The van der Waals surface area contributed by atoms with Gasteiger partial charge < -0.3 is 0 Å². The smallest absolute Gasteiger partial charge is 0.0408 e. The molecule has 0 aliphatic rings. The second-order valence-electron chi connectivity index (χ2n) is 6.12. The fraction of sp³-hybridized carbons (Fsp3) is 0.308. The van der Waals surface area contributed by atoms with Crippen molar-refractivity contribution in [3.05, 3.63) is 96.1 Å². The molecule has 0 N–H and O–H groups in total. The van der Waals surface area contributed by atoms with Gasteiger partial charge >= 0.3 is 0 Å². The van der Waals surface area contributed by atoms with Gasteiger partial charge in [0.2, 0.25) is 0 Å². The summed E-state index contributed by atoms with van der Waals surface area (Å²) < 4.78 is 0. The van der Waals surface area contributed by atoms with Crippen molar-refractivity contribution in [3.63, 3.8) is 0 Å². The average Bonchev–Trinajstić information content (AvgIpc) is 2.66. The quantitative estimate of drug-likeness (QED) is 0.591. The molecule has 0 aliphatic carbocycles. The van der Waals surface area contributed by atoms with E-state index in [1.54, 1.807) is 24.3 Å². The van der Waals surface area contributed by atoms with Gasteiger partial charge in [-0.3, -0.25) is 0 Å². The van der Waals surface area contributed by atoms with Crippen LogP contribution in [-0.4, -0.2) is 0 Å². The minimum absolute atomic E-state index is 0.998. The van der Waals surface area contributed by atoms with Gasteiger partial charge in [-0.15, -0.1) is 0 Å². The molecular formula is C26H24. The Morgan fingerprint density at radius 3 is 1.46 bits per heavy atom. The van der Waals surface area contributed by atoms with Gasteiger partial charge in [-0.2, -0.15) is 0 Å². The van der Waals surface area contributed by atoms with E-state index in [2.05, 4.69) is 74.5 Å². The normalized spacial score (nSPS) is 8.85. The van der Waals surface area contributed by atoms with E-state index in [0.29, 0.717) is 0 Å². The standard InChI is InChI=1S/C26H24/c1-3-5-17-23-21-25-19-15-13-11-9-7-8-10-12-14-16-20-26(25)22-24(23)18-6-4-2/h11-14,21-22H,3-6,17-18H2,1-2H3. The molecule has 0 heterocycles. The molecule has 0 aromatic heterocycles. The highest BCUT2D eigenvalue weighted by Crippen LogP contribution is 2.21. The molecule has 26 heavy (non-hydrogen) atoms. The lowest BCUT2D eigenvalue weighted by molar-refractivity contribution is 0.759. The summed E-state index contributed by atoms with van der Waals surface area (Å²) in [6, 6.07) is 35.4. The van der Waals surface area contributed by atoms with E-state index in [9.17, 15) is 0 Å². The van der Waals surface area contributed by atoms with Crippen LogP contribution in [0.2, 0.25) is 0 Å². The van der Waals surface area contributed by atoms with Crippen LogP contribution in [0.1, 0.15) is 50.7 Å². The zero-order valence-electron chi connectivity index (χ0n) is 15.7. The summed E-state index contributed by atoms with van der Waals surface area (Å²) in [5.74, 6) is 0. The van der Waals surface area contributed by atoms with Crippen molar-refractivity contribution in [2.75, 3.05) is 0 Å². The van der Waals surface area contributed by atoms with Crippen molar-refractivity contribution in [1.29, 1.82) is 0 Å². The number of rotatable bonds is 6. The SMILES string of the molecule is CCCCc1cc2c#cccc#cc#cccc#cc2cc1CCCC. The highest BCUT2D eigenvalue weighted by Gasteiger charge is 2.04. The van der Waals surface area contributed by atoms with Crippen LogP contribution in [0, 0.1) is 48.5 Å². The lowest BCUT2D eigenvalue weighted by Gasteiger charge is -2.09. The summed E-state index contributed by atoms with van der Waals surface area (Å²) in [6.45, 7) is 4.47. The molecule has 0 saturated carbocycles. The van der Waals surface area contributed by atoms with Crippen LogP contribution in [0.25, 0.3) is 10.8 Å². The average molecular weight is 336 g/mol. The van der Waals surface area contributed by atoms with E-state index in [4.69, 9.17) is 0 Å². The Labute approximate surface area is 159 Å². The number of aryl methyl sites for hydroxylation is 2. The monoisotopic (exact) mass is 336 g/mol. The molecule has 0 amide bonds. The predicted molar refractivity (Wildman–Crippen MR) is 107 cm³/mol. The molecule has 0 aliphatic heterocycles. The molecule has 0 saturated heterocycles. The largest absolute Gasteiger partial charge is 0.0689 e. The summed E-state index contributed by atoms with van der Waals surface area (Å²) >= 11 is 0. The molecule has 0 spiro atoms. The molecular weight excluding hydrogens is 312 g/mol. The van der Waals surface area contributed by atoms with Crippen LogP contribution in [0.3, 0.4) is 0 Å². The first-order valence-corrected chi connectivity index (χ1v) is 9.35. The zero-order valence-corrected chi connectivity index (χ0v) is 15.7. The second kappa shape index (κ2) is 11.5. The highest BCUT2D eigenvalue weighted by atomic mass is 14.1. The van der Waals surface area contributed by atoms with Crippen molar-refractivity contribution in [2.45, 2.75) is 52.4 Å². The van der Waals surface area contributed by atoms with Gasteiger partial charge in [0.25, 0.3) is 0 Å². The van der Waals surface area contributed by atoms with Crippen molar-refractivity contribution in [1.82, 2.24) is 0 Å². The minimum Gasteiger partial charge on any atom is -0.0689 e. The molecule has 0 fully saturated rings. The number of hydrogen-bond donors (Lipinski definition) is 0. The summed E-state index contributed by atoms with van der Waals surface area (Å²) in [7, 11) is 0. The van der Waals surface area contributed by atoms with Crippen LogP contribution >= 0.6 is 0 Å². The third-order valence-corrected chi connectivity index (χ3v) is 4.06. The first-order chi connectivity index (χ1) is 12.8. The van der Waals surface area contributed by atoms with E-state index in [1.165, 1.54) is 36.8 Å². The van der Waals surface area contributed by atoms with E-state index >= 15 is 0 Å². The molecule has 0 unspecified atom stereocenters. The predicted octanol–water partition coefficient (Wildman–Crippen LogP) is 6.18. The number of fused-ring (bicyclic) bond motifs is 1. The fourth-order valence-electron chi connectivity index (χ4n) is 2.66. The number of unbranched alkanes of at least 4 members (excludes halogenated alkanes) is 2. The third kappa shape index (κ3) is 6.45. The maximum Gasteiger partial charge on any atom is 0.0408 e. The molecule has 0 bridgehead atoms. The van der Waals surface area contributed by atoms with Crippen LogP contribution in [0.5, 0.6) is 0 Å². The number of benzene rings is 1. The van der Waals surface area contributed by atoms with Gasteiger partial charge in [0.1, 0.15) is 0 Å². The van der Waals surface area contributed by atoms with E-state index in [-0.39, 0.29) is 0 Å². The van der Waals surface area contributed by atoms with Gasteiger partial charge in [0, 0.05) is 10.8 Å². The summed E-state index contributed by atoms with van der Waals surface area (Å²) in [6.07, 6.45) is 7.01. The van der Waals surface area contributed by atoms with E-state index in [0.717, 1.165) is 23.6 Å². The van der Waals surface area contributed by atoms with E-state index in [1.807, 2.05) is 0 Å². The Balaban J connectivity index is 2.61. The molecule has 2 aromatic carbocycles. The summed E-state index contributed by atoms with van der Waals surface area (Å²) in [5, 5.41) is 2.00. The maximum absolute atomic E-state index is 3.25. The zero-order chi connectivity index (χ0) is 18.5. The van der Waals surface area contributed by atoms with Crippen LogP contribution in [0.4, 0.5) is 0 Å². The van der Waals surface area contributed by atoms with Gasteiger partial charge in [-0.25, -0.2) is 0 Å². The van der Waals surface area contributed by atoms with Crippen molar-refractivity contribution in [3.8, 4) is 0 Å². The van der Waals surface area contributed by atoms with E-state index < -0.39 is 0 Å². The van der Waals surface area contributed by atoms with Gasteiger partial charge in [-0.05, 0) is 85.3 Å². The topological polar surface area (TPSA) is 0 Å². The first-order valence-electron chi connectivity index (χ1n) is 9.35. The Morgan fingerprint density at radius 2 is 1.04 bits per heavy atom. The van der Waals surface area contributed by atoms with Gasteiger partial charge in [0.15, 0.2) is 0 Å². The van der Waals surface area contributed by atoms with Crippen molar-refractivity contribution < 1.29 is 0 Å². The lowest BCUT2D eigenvalue weighted by Crippen LogP contribution is -1.95. The van der Waals surface area contributed by atoms with Crippen LogP contribution in [0.15, 0.2) is 36.4 Å². The molecule has 0 heteroatoms. The van der Waals surface area contributed by atoms with Gasteiger partial charge in [0.05, 0.1) is 0 Å². The highest BCUT2D eigenvalue weighted by molar-refractivity contribution is 5.80. The minimum atomic E-state index is 0.998. The summed E-state index contributed by atoms with van der Waals surface area (Å²) in [5.41, 5.74) is 2.84. The van der Waals surface area contributed by atoms with Crippen molar-refractivity contribution in [2.24, 2.45) is 0 Å². The number of hydrogen-bond acceptors (Lipinski definition) is 0. The molecule has 2 aromatic rings. The maximum atomic E-state index is 3.25.